The third-order valence-corrected chi connectivity index (χ3v) is 8.75. The van der Waals surface area contributed by atoms with Crippen molar-refractivity contribution in [3.8, 4) is 0 Å². The van der Waals surface area contributed by atoms with Crippen LogP contribution in [0.3, 0.4) is 0 Å². The summed E-state index contributed by atoms with van der Waals surface area (Å²) in [5.41, 5.74) is 0.517. The summed E-state index contributed by atoms with van der Waals surface area (Å²) >= 11 is 17.0. The molecule has 2 rings (SSSR count). The van der Waals surface area contributed by atoms with Gasteiger partial charge in [0.15, 0.2) is 16.6 Å². The first kappa shape index (κ1) is 22.5. The molecule has 2 heterocycles. The van der Waals surface area contributed by atoms with Crippen molar-refractivity contribution < 1.29 is 0 Å². The molecular formula is C16H26N4S6. The molecule has 2 aromatic rings. The van der Waals surface area contributed by atoms with E-state index in [4.69, 9.17) is 24.4 Å². The van der Waals surface area contributed by atoms with E-state index in [1.165, 1.54) is 17.8 Å². The van der Waals surface area contributed by atoms with Crippen LogP contribution in [0.5, 0.6) is 0 Å². The molecule has 10 heteroatoms. The predicted octanol–water partition coefficient (Wildman–Crippen LogP) is 7.21. The summed E-state index contributed by atoms with van der Waals surface area (Å²) in [5.74, 6) is 0.938. The van der Waals surface area contributed by atoms with E-state index in [2.05, 4.69) is 61.9 Å². The zero-order chi connectivity index (χ0) is 19.6. The van der Waals surface area contributed by atoms with Gasteiger partial charge in [0.05, 0.1) is 0 Å². The van der Waals surface area contributed by atoms with E-state index in [9.17, 15) is 0 Å². The number of hydrogen-bond donors (Lipinski definition) is 2. The molecule has 0 aliphatic heterocycles. The minimum Gasteiger partial charge on any atom is -0.257 e. The lowest BCUT2D eigenvalue weighted by Crippen LogP contribution is -2.33. The first-order valence-corrected chi connectivity index (χ1v) is 12.5. The summed E-state index contributed by atoms with van der Waals surface area (Å²) in [4.78, 5) is 0. The molecule has 4 nitrogen and oxygen atoms in total. The van der Waals surface area contributed by atoms with Crippen LogP contribution in [0.25, 0.3) is 0 Å². The lowest BCUT2D eigenvalue weighted by Gasteiger charge is -2.39. The Kier molecular flexibility index (Phi) is 7.57. The van der Waals surface area contributed by atoms with E-state index in [-0.39, 0.29) is 10.2 Å². The number of aromatic nitrogens is 4. The summed E-state index contributed by atoms with van der Waals surface area (Å²) in [6.07, 6.45) is 2.25. The summed E-state index contributed by atoms with van der Waals surface area (Å²) in [6, 6.07) is 0. The van der Waals surface area contributed by atoms with Gasteiger partial charge in [-0.2, -0.15) is 10.2 Å². The number of nitrogens with zero attached hydrogens (tertiary/aromatic N) is 2. The molecule has 0 saturated carbocycles. The maximum absolute atomic E-state index is 5.21. The Hall–Kier alpha value is 0.260. The van der Waals surface area contributed by atoms with Gasteiger partial charge in [-0.3, -0.25) is 10.2 Å². The van der Waals surface area contributed by atoms with E-state index in [0.717, 1.165) is 28.8 Å². The van der Waals surface area contributed by atoms with Crippen molar-refractivity contribution in [1.29, 1.82) is 0 Å². The van der Waals surface area contributed by atoms with E-state index < -0.39 is 0 Å². The molecule has 0 aliphatic rings. The van der Waals surface area contributed by atoms with Gasteiger partial charge < -0.3 is 0 Å². The minimum atomic E-state index is 0.0141. The molecule has 0 radical (unpaired) electrons. The van der Waals surface area contributed by atoms with Gasteiger partial charge >= 0.3 is 0 Å². The molecule has 1 atom stereocenters. The second kappa shape index (κ2) is 8.73. The fourth-order valence-electron chi connectivity index (χ4n) is 3.59. The number of thioether (sulfide) groups is 2. The Morgan fingerprint density at radius 3 is 1.88 bits per heavy atom. The highest BCUT2D eigenvalue weighted by Gasteiger charge is 2.37. The Balaban J connectivity index is 2.18. The highest BCUT2D eigenvalue weighted by atomic mass is 32.2. The van der Waals surface area contributed by atoms with Gasteiger partial charge in [-0.1, -0.05) is 80.8 Å². The average molecular weight is 467 g/mol. The highest BCUT2D eigenvalue weighted by Crippen LogP contribution is 2.48. The molecule has 0 bridgehead atoms. The van der Waals surface area contributed by atoms with E-state index in [0.29, 0.717) is 5.41 Å². The third-order valence-electron chi connectivity index (χ3n) is 3.53. The standard InChI is InChI=1S/C16H26N4S6/c1-14(2,3)7-15(4,5)8-16(6,26-13-20-18-11(22)25-13)9-23-12-19-17-10(21)24-12/h7-9H2,1-6H3,(H,17,21)(H,18,22). The van der Waals surface area contributed by atoms with Crippen LogP contribution in [0.1, 0.15) is 54.4 Å². The van der Waals surface area contributed by atoms with Crippen LogP contribution in [0.2, 0.25) is 0 Å². The zero-order valence-electron chi connectivity index (χ0n) is 16.0. The van der Waals surface area contributed by atoms with Crippen molar-refractivity contribution in [2.24, 2.45) is 10.8 Å². The van der Waals surface area contributed by atoms with E-state index >= 15 is 0 Å². The van der Waals surface area contributed by atoms with Crippen molar-refractivity contribution >= 4 is 70.6 Å². The van der Waals surface area contributed by atoms with E-state index in [1.54, 1.807) is 23.1 Å². The summed E-state index contributed by atoms with van der Waals surface area (Å²) < 4.78 is 3.45. The molecule has 0 aromatic carbocycles. The third kappa shape index (κ3) is 7.71. The van der Waals surface area contributed by atoms with Crippen LogP contribution < -0.4 is 0 Å². The number of H-pyrrole nitrogens is 2. The maximum atomic E-state index is 5.21. The van der Waals surface area contributed by atoms with Gasteiger partial charge in [-0.25, -0.2) is 0 Å². The largest absolute Gasteiger partial charge is 0.257 e. The summed E-state index contributed by atoms with van der Waals surface area (Å²) in [7, 11) is 0. The number of hydrogen-bond acceptors (Lipinski definition) is 8. The van der Waals surface area contributed by atoms with Crippen molar-refractivity contribution in [2.75, 3.05) is 5.75 Å². The fraction of sp³-hybridized carbons (Fsp3) is 0.750. The van der Waals surface area contributed by atoms with Crippen LogP contribution in [0.4, 0.5) is 0 Å². The molecule has 0 aliphatic carbocycles. The molecule has 1 unspecified atom stereocenters. The first-order chi connectivity index (χ1) is 11.9. The van der Waals surface area contributed by atoms with Gasteiger partial charge in [0.2, 0.25) is 0 Å². The van der Waals surface area contributed by atoms with Gasteiger partial charge in [0.1, 0.15) is 0 Å². The van der Waals surface area contributed by atoms with E-state index in [1.807, 2.05) is 11.8 Å². The van der Waals surface area contributed by atoms with Crippen LogP contribution >= 0.6 is 70.6 Å². The van der Waals surface area contributed by atoms with Crippen LogP contribution in [0.15, 0.2) is 8.68 Å². The van der Waals surface area contributed by atoms with Gasteiger partial charge in [0.25, 0.3) is 0 Å². The number of aromatic amines is 2. The van der Waals surface area contributed by atoms with Crippen molar-refractivity contribution in [1.82, 2.24) is 20.4 Å². The lowest BCUT2D eigenvalue weighted by atomic mass is 9.72. The van der Waals surface area contributed by atoms with Crippen molar-refractivity contribution in [3.63, 3.8) is 0 Å². The molecule has 0 fully saturated rings. The molecule has 0 spiro atoms. The minimum absolute atomic E-state index is 0.0141. The SMILES string of the molecule is CC(C)(C)CC(C)(C)CC(C)(CSc1n[nH]c(=S)s1)Sc1n[nH]c(=S)s1. The summed E-state index contributed by atoms with van der Waals surface area (Å²) in [5, 5.41) is 14.4. The molecule has 2 aromatic heterocycles. The number of rotatable bonds is 8. The maximum Gasteiger partial charge on any atom is 0.177 e. The Bertz CT molecular complexity index is 824. The second-order valence-electron chi connectivity index (χ2n) is 8.68. The zero-order valence-corrected chi connectivity index (χ0v) is 20.9. The Morgan fingerprint density at radius 1 is 0.885 bits per heavy atom. The predicted molar refractivity (Wildman–Crippen MR) is 122 cm³/mol. The average Bonchev–Trinajstić information content (AvgIpc) is 3.01. The first-order valence-electron chi connectivity index (χ1n) is 8.29. The quantitative estimate of drug-likeness (QED) is 0.316. The molecule has 0 saturated heterocycles. The highest BCUT2D eigenvalue weighted by molar-refractivity contribution is 8.05. The molecule has 0 amide bonds. The van der Waals surface area contributed by atoms with Gasteiger partial charge in [-0.05, 0) is 55.0 Å². The van der Waals surface area contributed by atoms with Crippen molar-refractivity contribution in [3.05, 3.63) is 7.91 Å². The Labute approximate surface area is 182 Å². The molecular weight excluding hydrogens is 441 g/mol. The summed E-state index contributed by atoms with van der Waals surface area (Å²) in [6.45, 7) is 14.0. The van der Waals surface area contributed by atoms with Gasteiger partial charge in [-0.15, -0.1) is 0 Å². The van der Waals surface area contributed by atoms with Crippen LogP contribution in [-0.4, -0.2) is 30.9 Å². The van der Waals surface area contributed by atoms with Crippen LogP contribution in [0, 0.1) is 18.7 Å². The normalized spacial score (nSPS) is 15.2. The fourth-order valence-corrected chi connectivity index (χ4v) is 8.87. The molecule has 26 heavy (non-hydrogen) atoms. The van der Waals surface area contributed by atoms with Crippen LogP contribution in [-0.2, 0) is 0 Å². The second-order valence-corrected chi connectivity index (χ2v) is 15.1. The number of nitrogens with one attached hydrogen (secondary N) is 2. The monoisotopic (exact) mass is 466 g/mol. The topological polar surface area (TPSA) is 57.4 Å². The Morgan fingerprint density at radius 2 is 1.42 bits per heavy atom. The van der Waals surface area contributed by atoms with Crippen molar-refractivity contribution in [2.45, 2.75) is 67.8 Å². The van der Waals surface area contributed by atoms with Gasteiger partial charge in [0, 0.05) is 10.5 Å². The smallest absolute Gasteiger partial charge is 0.177 e. The lowest BCUT2D eigenvalue weighted by molar-refractivity contribution is 0.187. The molecule has 2 N–H and O–H groups in total. The molecule has 146 valence electrons.